The smallest absolute Gasteiger partial charge is 0.348 e. The van der Waals surface area contributed by atoms with Gasteiger partial charge >= 0.3 is 11.9 Å². The van der Waals surface area contributed by atoms with E-state index < -0.39 is 17.7 Å². The van der Waals surface area contributed by atoms with Crippen molar-refractivity contribution in [3.8, 4) is 6.07 Å². The van der Waals surface area contributed by atoms with Gasteiger partial charge < -0.3 is 9.47 Å². The lowest BCUT2D eigenvalue weighted by molar-refractivity contribution is -0.114. The molecule has 0 radical (unpaired) electrons. The van der Waals surface area contributed by atoms with Crippen molar-refractivity contribution in [1.29, 1.82) is 5.26 Å². The fraction of sp³-hybridized carbons (Fsp3) is 0.273. The van der Waals surface area contributed by atoms with E-state index in [2.05, 4.69) is 15.9 Å². The number of benzene rings is 1. The lowest BCUT2D eigenvalue weighted by atomic mass is 10.0. The second-order valence-corrected chi connectivity index (χ2v) is 8.14. The number of Topliss-reactive ketones (excluding diaryl/α,β-unsaturated/α-hetero) is 1. The van der Waals surface area contributed by atoms with Gasteiger partial charge in [-0.05, 0) is 50.1 Å². The molecule has 0 spiro atoms. The van der Waals surface area contributed by atoms with E-state index in [-0.39, 0.29) is 35.6 Å². The maximum absolute atomic E-state index is 12.8. The number of nitriles is 1. The molecule has 0 aliphatic carbocycles. The summed E-state index contributed by atoms with van der Waals surface area (Å²) in [5.74, 6) is -1.63. The fourth-order valence-electron chi connectivity index (χ4n) is 2.70. The van der Waals surface area contributed by atoms with Gasteiger partial charge in [0.25, 0.3) is 0 Å². The molecular formula is C22H20BrNO5S. The number of hydrogen-bond acceptors (Lipinski definition) is 7. The van der Waals surface area contributed by atoms with E-state index in [1.165, 1.54) is 6.08 Å². The zero-order valence-corrected chi connectivity index (χ0v) is 19.2. The van der Waals surface area contributed by atoms with Crippen molar-refractivity contribution in [2.75, 3.05) is 13.2 Å². The summed E-state index contributed by atoms with van der Waals surface area (Å²) in [4.78, 5) is 38.1. The molecule has 0 N–H and O–H groups in total. The Morgan fingerprint density at radius 2 is 1.70 bits per heavy atom. The van der Waals surface area contributed by atoms with Gasteiger partial charge in [-0.1, -0.05) is 28.1 Å². The summed E-state index contributed by atoms with van der Waals surface area (Å²) in [6, 6.07) is 9.07. The third-order valence-electron chi connectivity index (χ3n) is 4.08. The third-order valence-corrected chi connectivity index (χ3v) is 5.88. The van der Waals surface area contributed by atoms with Gasteiger partial charge in [-0.3, -0.25) is 4.79 Å². The first-order valence-electron chi connectivity index (χ1n) is 9.19. The largest absolute Gasteiger partial charge is 0.462 e. The predicted molar refractivity (Wildman–Crippen MR) is 117 cm³/mol. The molecule has 1 aromatic carbocycles. The summed E-state index contributed by atoms with van der Waals surface area (Å²) < 4.78 is 11.0. The minimum absolute atomic E-state index is 0.0455. The molecule has 0 fully saturated rings. The van der Waals surface area contributed by atoms with E-state index in [9.17, 15) is 19.6 Å². The first-order valence-corrected chi connectivity index (χ1v) is 10.8. The van der Waals surface area contributed by atoms with Gasteiger partial charge in [0, 0.05) is 15.8 Å². The Balaban J connectivity index is 2.41. The number of esters is 2. The van der Waals surface area contributed by atoms with Gasteiger partial charge in [0.05, 0.1) is 24.4 Å². The highest BCUT2D eigenvalue weighted by molar-refractivity contribution is 9.10. The van der Waals surface area contributed by atoms with Crippen molar-refractivity contribution in [3.05, 3.63) is 60.8 Å². The molecule has 0 aliphatic rings. The maximum atomic E-state index is 12.8. The van der Waals surface area contributed by atoms with Crippen LogP contribution in [0.1, 0.15) is 49.9 Å². The Morgan fingerprint density at radius 1 is 1.10 bits per heavy atom. The van der Waals surface area contributed by atoms with Crippen LogP contribution in [-0.2, 0) is 20.7 Å². The van der Waals surface area contributed by atoms with Gasteiger partial charge in [-0.15, -0.1) is 11.3 Å². The summed E-state index contributed by atoms with van der Waals surface area (Å²) in [5.41, 5.74) is 1.24. The Labute approximate surface area is 187 Å². The summed E-state index contributed by atoms with van der Waals surface area (Å²) >= 11 is 4.35. The monoisotopic (exact) mass is 489 g/mol. The van der Waals surface area contributed by atoms with E-state index in [4.69, 9.17) is 9.47 Å². The molecule has 0 aliphatic heterocycles. The third kappa shape index (κ3) is 5.65. The van der Waals surface area contributed by atoms with Crippen molar-refractivity contribution in [2.24, 2.45) is 0 Å². The molecule has 0 saturated carbocycles. The molecule has 1 aromatic heterocycles. The van der Waals surface area contributed by atoms with Crippen molar-refractivity contribution in [3.63, 3.8) is 0 Å². The number of halogens is 1. The van der Waals surface area contributed by atoms with E-state index in [1.807, 2.05) is 6.07 Å². The van der Waals surface area contributed by atoms with Crippen LogP contribution in [0.25, 0.3) is 6.08 Å². The molecule has 0 amide bonds. The molecular weight excluding hydrogens is 470 g/mol. The highest BCUT2D eigenvalue weighted by Crippen LogP contribution is 2.31. The molecule has 6 nitrogen and oxygen atoms in total. The second kappa shape index (κ2) is 10.9. The summed E-state index contributed by atoms with van der Waals surface area (Å²) in [5, 5.41) is 9.46. The van der Waals surface area contributed by atoms with Crippen molar-refractivity contribution >= 4 is 51.1 Å². The molecule has 0 unspecified atom stereocenters. The van der Waals surface area contributed by atoms with Crippen LogP contribution in [0.2, 0.25) is 0 Å². The van der Waals surface area contributed by atoms with E-state index >= 15 is 0 Å². The molecule has 8 heteroatoms. The number of hydrogen-bond donors (Lipinski definition) is 0. The summed E-state index contributed by atoms with van der Waals surface area (Å²) in [6.45, 7) is 5.32. The highest BCUT2D eigenvalue weighted by Gasteiger charge is 2.27. The Morgan fingerprint density at radius 3 is 2.27 bits per heavy atom. The molecule has 0 atom stereocenters. The second-order valence-electron chi connectivity index (χ2n) is 6.12. The average Bonchev–Trinajstić information content (AvgIpc) is 3.03. The van der Waals surface area contributed by atoms with Gasteiger partial charge in [-0.2, -0.15) is 5.26 Å². The molecule has 30 heavy (non-hydrogen) atoms. The van der Waals surface area contributed by atoms with Gasteiger partial charge in [0.15, 0.2) is 5.78 Å². The number of nitrogens with zero attached hydrogens (tertiary/aromatic N) is 1. The first kappa shape index (κ1) is 23.5. The number of allylic oxidation sites excluding steroid dienone is 1. The molecule has 0 saturated heterocycles. The molecule has 2 aromatic rings. The van der Waals surface area contributed by atoms with Crippen molar-refractivity contribution in [2.45, 2.75) is 27.2 Å². The highest BCUT2D eigenvalue weighted by atomic mass is 79.9. The molecule has 2 rings (SSSR count). The van der Waals surface area contributed by atoms with Crippen LogP contribution in [0, 0.1) is 18.3 Å². The number of carbonyl (C=O) groups is 3. The van der Waals surface area contributed by atoms with Crippen molar-refractivity contribution in [1.82, 2.24) is 0 Å². The molecule has 1 heterocycles. The predicted octanol–water partition coefficient (Wildman–Crippen LogP) is 4.89. The minimum atomic E-state index is -0.611. The SMILES string of the molecule is CCOC(=O)c1sc(CC(=O)/C(C#N)=C/c2ccc(Br)cc2)c(C(=O)OCC)c1C. The van der Waals surface area contributed by atoms with Crippen LogP contribution in [0.15, 0.2) is 34.3 Å². The first-order chi connectivity index (χ1) is 14.3. The van der Waals surface area contributed by atoms with Gasteiger partial charge in [-0.25, -0.2) is 9.59 Å². The van der Waals surface area contributed by atoms with Crippen LogP contribution < -0.4 is 0 Å². The number of carbonyl (C=O) groups excluding carboxylic acids is 3. The average molecular weight is 490 g/mol. The summed E-state index contributed by atoms with van der Waals surface area (Å²) in [7, 11) is 0. The number of ether oxygens (including phenoxy) is 2. The quantitative estimate of drug-likeness (QED) is 0.297. The van der Waals surface area contributed by atoms with E-state index in [0.717, 1.165) is 15.8 Å². The van der Waals surface area contributed by atoms with Crippen LogP contribution in [0.5, 0.6) is 0 Å². The summed E-state index contributed by atoms with van der Waals surface area (Å²) in [6.07, 6.45) is 1.29. The zero-order valence-electron chi connectivity index (χ0n) is 16.8. The number of thiophene rings is 1. The molecule has 156 valence electrons. The normalized spacial score (nSPS) is 11.0. The van der Waals surface area contributed by atoms with Crippen LogP contribution >= 0.6 is 27.3 Å². The van der Waals surface area contributed by atoms with E-state index in [0.29, 0.717) is 16.0 Å². The Hall–Kier alpha value is -2.76. The lowest BCUT2D eigenvalue weighted by Gasteiger charge is -2.05. The van der Waals surface area contributed by atoms with Crippen LogP contribution in [-0.4, -0.2) is 30.9 Å². The van der Waals surface area contributed by atoms with E-state index in [1.54, 1.807) is 45.0 Å². The Bertz CT molecular complexity index is 1030. The van der Waals surface area contributed by atoms with Gasteiger partial charge in [0.1, 0.15) is 10.9 Å². The Kier molecular flexibility index (Phi) is 8.51. The zero-order chi connectivity index (χ0) is 22.3. The molecule has 0 bridgehead atoms. The number of ketones is 1. The fourth-order valence-corrected chi connectivity index (χ4v) is 4.15. The van der Waals surface area contributed by atoms with Crippen molar-refractivity contribution < 1.29 is 23.9 Å². The lowest BCUT2D eigenvalue weighted by Crippen LogP contribution is -2.12. The topological polar surface area (TPSA) is 93.5 Å². The van der Waals surface area contributed by atoms with Crippen LogP contribution in [0.4, 0.5) is 0 Å². The van der Waals surface area contributed by atoms with Gasteiger partial charge in [0.2, 0.25) is 0 Å². The maximum Gasteiger partial charge on any atom is 0.348 e. The minimum Gasteiger partial charge on any atom is -0.462 e. The number of rotatable bonds is 8. The standard InChI is InChI=1S/C22H20BrNO5S/c1-4-28-21(26)19-13(3)20(22(27)29-5-2)30-18(19)11-17(25)15(12-24)10-14-6-8-16(23)9-7-14/h6-10H,4-5,11H2,1-3H3/b15-10+. The van der Waals surface area contributed by atoms with Crippen LogP contribution in [0.3, 0.4) is 0 Å².